The molecule has 8 aromatic rings. The summed E-state index contributed by atoms with van der Waals surface area (Å²) in [6.45, 7) is 11.1. The van der Waals surface area contributed by atoms with E-state index in [1.807, 2.05) is 25.1 Å². The van der Waals surface area contributed by atoms with Crippen LogP contribution in [0, 0.1) is 25.7 Å². The topological polar surface area (TPSA) is 13.1 Å². The van der Waals surface area contributed by atoms with Crippen LogP contribution in [0.4, 0.5) is 0 Å². The monoisotopic (exact) mass is 778 g/mol. The Morgan fingerprint density at radius 3 is 2.17 bits per heavy atom. The van der Waals surface area contributed by atoms with Crippen molar-refractivity contribution in [2.75, 3.05) is 0 Å². The average molecular weight is 779 g/mol. The maximum absolute atomic E-state index is 6.28. The van der Waals surface area contributed by atoms with E-state index in [2.05, 4.69) is 191 Å². The molecular weight excluding hydrogens is 725 g/mol. The standard InChI is InChI=1S/C59H54O/c1-6-8-10-21-46(31-28-44-18-11-9-12-19-44)47-32-29-45(30-33-47)20-17-23-48-22-13-14-24-53(48)58-42(4)27-36-51(41(3)7-2)59(58)52-37-34-49(39-43(52)5)50-35-38-55-54-25-15-16-26-56(54)60-57(55)40-50/h9-16,18-19,21-22,24-27,29-41H,7,17,20,23,28H2,1-5H3/b21-10-,46-31+. The minimum Gasteiger partial charge on any atom is -0.456 e. The van der Waals surface area contributed by atoms with Gasteiger partial charge < -0.3 is 4.42 Å². The van der Waals surface area contributed by atoms with E-state index in [0.717, 1.165) is 54.0 Å². The van der Waals surface area contributed by atoms with Gasteiger partial charge in [0.05, 0.1) is 0 Å². The van der Waals surface area contributed by atoms with E-state index < -0.39 is 0 Å². The highest BCUT2D eigenvalue weighted by molar-refractivity contribution is 6.06. The molecule has 0 aliphatic heterocycles. The molecule has 0 saturated heterocycles. The van der Waals surface area contributed by atoms with E-state index in [-0.39, 0.29) is 0 Å². The summed E-state index contributed by atoms with van der Waals surface area (Å²) in [7, 11) is 0. The second-order valence-corrected chi connectivity index (χ2v) is 16.2. The maximum atomic E-state index is 6.28. The van der Waals surface area contributed by atoms with Gasteiger partial charge in [0.25, 0.3) is 0 Å². The fourth-order valence-corrected chi connectivity index (χ4v) is 8.69. The molecule has 0 radical (unpaired) electrons. The van der Waals surface area contributed by atoms with Crippen LogP contribution in [0.15, 0.2) is 174 Å². The van der Waals surface area contributed by atoms with Crippen LogP contribution in [-0.2, 0) is 19.3 Å². The predicted molar refractivity (Wildman–Crippen MR) is 257 cm³/mol. The minimum atomic E-state index is 0.424. The van der Waals surface area contributed by atoms with E-state index in [1.165, 1.54) is 77.9 Å². The second kappa shape index (κ2) is 18.5. The number of rotatable bonds is 13. The minimum absolute atomic E-state index is 0.424. The van der Waals surface area contributed by atoms with Crippen LogP contribution in [0.5, 0.6) is 0 Å². The maximum Gasteiger partial charge on any atom is 0.136 e. The third-order valence-electron chi connectivity index (χ3n) is 12.2. The lowest BCUT2D eigenvalue weighted by molar-refractivity contribution is 0.669. The molecule has 0 fully saturated rings. The highest BCUT2D eigenvalue weighted by Crippen LogP contribution is 2.44. The normalized spacial score (nSPS) is 12.2. The number of furan rings is 1. The van der Waals surface area contributed by atoms with Gasteiger partial charge in [0.1, 0.15) is 11.2 Å². The van der Waals surface area contributed by atoms with Crippen molar-refractivity contribution >= 4 is 27.5 Å². The number of fused-ring (bicyclic) bond motifs is 3. The molecule has 7 aromatic carbocycles. The summed E-state index contributed by atoms with van der Waals surface area (Å²) in [4.78, 5) is 0. The fourth-order valence-electron chi connectivity index (χ4n) is 8.69. The van der Waals surface area contributed by atoms with E-state index >= 15 is 0 Å². The molecule has 1 aromatic heterocycles. The molecule has 0 amide bonds. The lowest BCUT2D eigenvalue weighted by Gasteiger charge is -2.24. The molecule has 1 atom stereocenters. The van der Waals surface area contributed by atoms with Crippen LogP contribution in [0.2, 0.25) is 0 Å². The first kappa shape index (κ1) is 40.2. The van der Waals surface area contributed by atoms with E-state index in [0.29, 0.717) is 5.92 Å². The molecule has 1 unspecified atom stereocenters. The molecule has 1 heteroatoms. The van der Waals surface area contributed by atoms with Crippen molar-refractivity contribution in [1.82, 2.24) is 0 Å². The summed E-state index contributed by atoms with van der Waals surface area (Å²) in [6, 6.07) is 55.6. The zero-order chi connectivity index (χ0) is 41.4. The number of aryl methyl sites for hydroxylation is 4. The number of para-hydroxylation sites is 1. The van der Waals surface area contributed by atoms with E-state index in [4.69, 9.17) is 4.42 Å². The quantitative estimate of drug-likeness (QED) is 0.0839. The summed E-state index contributed by atoms with van der Waals surface area (Å²) in [5, 5.41) is 2.32. The molecule has 0 aliphatic carbocycles. The first-order valence-corrected chi connectivity index (χ1v) is 21.6. The number of benzene rings is 7. The molecule has 0 bridgehead atoms. The molecule has 1 nitrogen and oxygen atoms in total. The molecule has 296 valence electrons. The Bertz CT molecular complexity index is 2890. The highest BCUT2D eigenvalue weighted by Gasteiger charge is 2.21. The van der Waals surface area contributed by atoms with Crippen molar-refractivity contribution in [3.8, 4) is 45.2 Å². The Morgan fingerprint density at radius 2 is 1.37 bits per heavy atom. The van der Waals surface area contributed by atoms with E-state index in [9.17, 15) is 0 Å². The third-order valence-corrected chi connectivity index (χ3v) is 12.2. The predicted octanol–water partition coefficient (Wildman–Crippen LogP) is 16.1. The third kappa shape index (κ3) is 8.71. The van der Waals surface area contributed by atoms with Gasteiger partial charge in [-0.1, -0.05) is 159 Å². The lowest BCUT2D eigenvalue weighted by Crippen LogP contribution is -2.03. The van der Waals surface area contributed by atoms with Gasteiger partial charge in [0.15, 0.2) is 0 Å². The van der Waals surface area contributed by atoms with Crippen LogP contribution in [0.3, 0.4) is 0 Å². The van der Waals surface area contributed by atoms with Crippen LogP contribution in [0.25, 0.3) is 60.9 Å². The summed E-state index contributed by atoms with van der Waals surface area (Å²) >= 11 is 0. The van der Waals surface area contributed by atoms with Crippen molar-refractivity contribution < 1.29 is 4.42 Å². The van der Waals surface area contributed by atoms with Crippen molar-refractivity contribution in [1.29, 1.82) is 0 Å². The molecular formula is C59H54O. The molecule has 0 saturated carbocycles. The van der Waals surface area contributed by atoms with Crippen LogP contribution < -0.4 is 0 Å². The van der Waals surface area contributed by atoms with Crippen LogP contribution in [0.1, 0.15) is 78.5 Å². The Kier molecular flexibility index (Phi) is 12.4. The van der Waals surface area contributed by atoms with Gasteiger partial charge in [-0.25, -0.2) is 0 Å². The highest BCUT2D eigenvalue weighted by atomic mass is 16.3. The van der Waals surface area contributed by atoms with Crippen molar-refractivity contribution in [2.45, 2.75) is 72.6 Å². The Hall–Kier alpha value is -6.62. The van der Waals surface area contributed by atoms with Gasteiger partial charge >= 0.3 is 0 Å². The molecule has 8 rings (SSSR count). The SMILES string of the molecule is CC#C/C=C\C(=C/Cc1ccccc1)c1ccc(CCCc2ccccc2-c2c(C)ccc(C(C)CC)c2-c2ccc(-c3ccc4c(c3)oc3ccccc34)cc2C)cc1. The summed E-state index contributed by atoms with van der Waals surface area (Å²) in [5.74, 6) is 6.50. The number of hydrogen-bond donors (Lipinski definition) is 0. The van der Waals surface area contributed by atoms with Gasteiger partial charge in [-0.15, -0.1) is 5.92 Å². The summed E-state index contributed by atoms with van der Waals surface area (Å²) in [6.07, 6.45) is 11.5. The van der Waals surface area contributed by atoms with Crippen molar-refractivity contribution in [2.24, 2.45) is 0 Å². The van der Waals surface area contributed by atoms with Gasteiger partial charge in [0, 0.05) is 10.8 Å². The first-order valence-electron chi connectivity index (χ1n) is 21.6. The second-order valence-electron chi connectivity index (χ2n) is 16.2. The largest absolute Gasteiger partial charge is 0.456 e. The van der Waals surface area contributed by atoms with Gasteiger partial charge in [-0.3, -0.25) is 0 Å². The smallest absolute Gasteiger partial charge is 0.136 e. The van der Waals surface area contributed by atoms with Crippen molar-refractivity contribution in [3.63, 3.8) is 0 Å². The Balaban J connectivity index is 1.07. The number of hydrogen-bond acceptors (Lipinski definition) is 1. The van der Waals surface area contributed by atoms with Gasteiger partial charge in [0.2, 0.25) is 0 Å². The molecule has 0 spiro atoms. The zero-order valence-corrected chi connectivity index (χ0v) is 35.7. The molecule has 60 heavy (non-hydrogen) atoms. The zero-order valence-electron chi connectivity index (χ0n) is 35.7. The molecule has 1 heterocycles. The molecule has 0 aliphatic rings. The fraction of sp³-hybridized carbons (Fsp3) is 0.186. The summed E-state index contributed by atoms with van der Waals surface area (Å²) in [5.41, 5.74) is 20.1. The summed E-state index contributed by atoms with van der Waals surface area (Å²) < 4.78 is 6.28. The Labute approximate surface area is 357 Å². The molecule has 0 N–H and O–H groups in total. The van der Waals surface area contributed by atoms with Crippen molar-refractivity contribution in [3.05, 3.63) is 209 Å². The average Bonchev–Trinajstić information content (AvgIpc) is 3.66. The van der Waals surface area contributed by atoms with Gasteiger partial charge in [-0.2, -0.15) is 0 Å². The lowest BCUT2D eigenvalue weighted by atomic mass is 9.80. The number of allylic oxidation sites excluding steroid dienone is 4. The van der Waals surface area contributed by atoms with Gasteiger partial charge in [-0.05, 0) is 167 Å². The van der Waals surface area contributed by atoms with Crippen LogP contribution >= 0.6 is 0 Å². The van der Waals surface area contributed by atoms with E-state index in [1.54, 1.807) is 0 Å². The Morgan fingerprint density at radius 1 is 0.633 bits per heavy atom. The van der Waals surface area contributed by atoms with Crippen LogP contribution in [-0.4, -0.2) is 0 Å². The first-order chi connectivity index (χ1) is 29.4.